The minimum Gasteiger partial charge on any atom is -0.308 e. The number of hydrogen-bond donors (Lipinski definition) is 0. The number of thiophene rings is 1. The topological polar surface area (TPSA) is 48.0 Å². The number of aromatic nitrogens is 5. The fourth-order valence-electron chi connectivity index (χ4n) is 9.19. The van der Waals surface area contributed by atoms with E-state index in [0.29, 0.717) is 17.6 Å². The number of benzene rings is 8. The molecule has 0 atom stereocenters. The molecule has 0 saturated heterocycles. The van der Waals surface area contributed by atoms with Gasteiger partial charge in [0.1, 0.15) is 0 Å². The van der Waals surface area contributed by atoms with Gasteiger partial charge in [0.15, 0.2) is 11.6 Å². The van der Waals surface area contributed by atoms with E-state index in [1.165, 1.54) is 69.4 Å². The predicted octanol–water partition coefficient (Wildman–Crippen LogP) is 13.4. The van der Waals surface area contributed by atoms with Gasteiger partial charge in [0.2, 0.25) is 5.95 Å². The Hall–Kier alpha value is -7.41. The molecule has 13 aromatic rings. The first kappa shape index (κ1) is 30.9. The Morgan fingerprint density at radius 3 is 1.54 bits per heavy atom. The minimum atomic E-state index is 0.591. The molecule has 264 valence electrons. The van der Waals surface area contributed by atoms with Crippen LogP contribution in [0, 0.1) is 0 Å². The van der Waals surface area contributed by atoms with Crippen LogP contribution in [0.1, 0.15) is 0 Å². The highest BCUT2D eigenvalue weighted by atomic mass is 32.1. The van der Waals surface area contributed by atoms with Crippen molar-refractivity contribution in [3.63, 3.8) is 0 Å². The van der Waals surface area contributed by atoms with E-state index >= 15 is 0 Å². The SMILES string of the molecule is c1ccc(-c2ccc(-c3nc(-c4ccc(-c5ccccc5)cc4)nc(-n4c5ccc6sc7ccc8c9ccccc9n9c%10cccc4c%10c5c6c7c89)n3)cc2)cc1. The molecule has 0 bridgehead atoms. The smallest absolute Gasteiger partial charge is 0.238 e. The van der Waals surface area contributed by atoms with Crippen molar-refractivity contribution in [3.05, 3.63) is 176 Å². The lowest BCUT2D eigenvalue weighted by Crippen LogP contribution is -2.06. The lowest BCUT2D eigenvalue weighted by atomic mass is 10.0. The third-order valence-electron chi connectivity index (χ3n) is 11.7. The van der Waals surface area contributed by atoms with Crippen LogP contribution in [0.5, 0.6) is 0 Å². The molecule has 5 nitrogen and oxygen atoms in total. The van der Waals surface area contributed by atoms with Gasteiger partial charge in [0.05, 0.1) is 27.6 Å². The monoisotopic (exact) mass is 743 g/mol. The molecule has 6 heteroatoms. The van der Waals surface area contributed by atoms with Crippen LogP contribution < -0.4 is 0 Å². The van der Waals surface area contributed by atoms with Crippen molar-refractivity contribution in [3.8, 4) is 51.0 Å². The van der Waals surface area contributed by atoms with Gasteiger partial charge in [-0.2, -0.15) is 9.97 Å². The number of hydrogen-bond acceptors (Lipinski definition) is 4. The molecule has 0 fully saturated rings. The highest BCUT2D eigenvalue weighted by Gasteiger charge is 2.26. The fraction of sp³-hybridized carbons (Fsp3) is 0. The second-order valence-electron chi connectivity index (χ2n) is 14.8. The van der Waals surface area contributed by atoms with Crippen LogP contribution in [0.4, 0.5) is 0 Å². The summed E-state index contributed by atoms with van der Waals surface area (Å²) >= 11 is 1.87. The van der Waals surface area contributed by atoms with Gasteiger partial charge in [0, 0.05) is 52.8 Å². The zero-order valence-corrected chi connectivity index (χ0v) is 31.2. The molecule has 8 aromatic carbocycles. The van der Waals surface area contributed by atoms with Gasteiger partial charge in [-0.05, 0) is 58.7 Å². The van der Waals surface area contributed by atoms with Crippen LogP contribution in [0.3, 0.4) is 0 Å². The Balaban J connectivity index is 1.10. The molecule has 0 N–H and O–H groups in total. The van der Waals surface area contributed by atoms with Crippen molar-refractivity contribution in [2.24, 2.45) is 0 Å². The van der Waals surface area contributed by atoms with E-state index in [0.717, 1.165) is 33.3 Å². The molecular formula is C51H29N5S. The zero-order valence-electron chi connectivity index (χ0n) is 30.4. The highest BCUT2D eigenvalue weighted by Crippen LogP contribution is 2.50. The van der Waals surface area contributed by atoms with Crippen LogP contribution >= 0.6 is 11.3 Å². The molecule has 0 saturated carbocycles. The van der Waals surface area contributed by atoms with Crippen molar-refractivity contribution in [2.45, 2.75) is 0 Å². The maximum Gasteiger partial charge on any atom is 0.238 e. The first-order valence-corrected chi connectivity index (χ1v) is 20.0. The predicted molar refractivity (Wildman–Crippen MR) is 237 cm³/mol. The average molecular weight is 744 g/mol. The summed E-state index contributed by atoms with van der Waals surface area (Å²) in [5.41, 5.74) is 12.3. The summed E-state index contributed by atoms with van der Waals surface area (Å²) in [6, 6.07) is 62.7. The van der Waals surface area contributed by atoms with Crippen LogP contribution in [-0.4, -0.2) is 23.9 Å². The normalized spacial score (nSPS) is 12.2. The van der Waals surface area contributed by atoms with E-state index in [1.807, 2.05) is 23.5 Å². The Labute approximate surface area is 330 Å². The van der Waals surface area contributed by atoms with E-state index in [-0.39, 0.29) is 0 Å². The van der Waals surface area contributed by atoms with Gasteiger partial charge in [-0.1, -0.05) is 140 Å². The molecule has 0 radical (unpaired) electrons. The molecule has 0 aliphatic rings. The van der Waals surface area contributed by atoms with E-state index in [4.69, 9.17) is 15.0 Å². The van der Waals surface area contributed by atoms with Crippen LogP contribution in [0.2, 0.25) is 0 Å². The van der Waals surface area contributed by atoms with Crippen LogP contribution in [0.15, 0.2) is 176 Å². The number of fused-ring (bicyclic) bond motifs is 4. The number of rotatable bonds is 5. The van der Waals surface area contributed by atoms with Crippen molar-refractivity contribution in [1.29, 1.82) is 0 Å². The fourth-order valence-corrected chi connectivity index (χ4v) is 10.3. The van der Waals surface area contributed by atoms with Crippen molar-refractivity contribution >= 4 is 80.6 Å². The molecule has 0 amide bonds. The molecule has 5 aromatic heterocycles. The second-order valence-corrected chi connectivity index (χ2v) is 15.9. The Morgan fingerprint density at radius 2 is 0.860 bits per heavy atom. The van der Waals surface area contributed by atoms with Crippen LogP contribution in [0.25, 0.3) is 120 Å². The van der Waals surface area contributed by atoms with Crippen molar-refractivity contribution in [1.82, 2.24) is 23.9 Å². The van der Waals surface area contributed by atoms with Crippen LogP contribution in [-0.2, 0) is 0 Å². The molecular weight excluding hydrogens is 715 g/mol. The summed E-state index contributed by atoms with van der Waals surface area (Å²) < 4.78 is 7.34. The summed E-state index contributed by atoms with van der Waals surface area (Å²) in [6.07, 6.45) is 0. The molecule has 0 unspecified atom stereocenters. The Kier molecular flexibility index (Phi) is 6.26. The average Bonchev–Trinajstić information content (AvgIpc) is 3.91. The molecule has 0 aliphatic carbocycles. The summed E-state index contributed by atoms with van der Waals surface area (Å²) in [5.74, 6) is 1.85. The molecule has 0 aliphatic heterocycles. The first-order valence-electron chi connectivity index (χ1n) is 19.2. The van der Waals surface area contributed by atoms with Gasteiger partial charge in [0.25, 0.3) is 0 Å². The van der Waals surface area contributed by atoms with Gasteiger partial charge in [-0.15, -0.1) is 11.3 Å². The lowest BCUT2D eigenvalue weighted by Gasteiger charge is -2.12. The van der Waals surface area contributed by atoms with Gasteiger partial charge in [-0.25, -0.2) is 4.98 Å². The van der Waals surface area contributed by atoms with E-state index < -0.39 is 0 Å². The second kappa shape index (κ2) is 11.6. The Morgan fingerprint density at radius 1 is 0.333 bits per heavy atom. The third-order valence-corrected chi connectivity index (χ3v) is 12.9. The summed E-state index contributed by atoms with van der Waals surface area (Å²) in [4.78, 5) is 15.8. The summed E-state index contributed by atoms with van der Waals surface area (Å²) in [5, 5.41) is 7.63. The van der Waals surface area contributed by atoms with Gasteiger partial charge in [-0.3, -0.25) is 4.57 Å². The highest BCUT2D eigenvalue weighted by molar-refractivity contribution is 7.26. The molecule has 5 heterocycles. The van der Waals surface area contributed by atoms with E-state index in [9.17, 15) is 0 Å². The summed E-state index contributed by atoms with van der Waals surface area (Å²) in [6.45, 7) is 0. The lowest BCUT2D eigenvalue weighted by molar-refractivity contribution is 0.954. The maximum absolute atomic E-state index is 5.33. The van der Waals surface area contributed by atoms with Gasteiger partial charge >= 0.3 is 0 Å². The van der Waals surface area contributed by atoms with Gasteiger partial charge < -0.3 is 4.40 Å². The van der Waals surface area contributed by atoms with E-state index in [1.54, 1.807) is 0 Å². The quantitative estimate of drug-likeness (QED) is 0.176. The maximum atomic E-state index is 5.33. The zero-order chi connectivity index (χ0) is 37.2. The first-order chi connectivity index (χ1) is 28.3. The number of para-hydroxylation sites is 1. The minimum absolute atomic E-state index is 0.591. The third kappa shape index (κ3) is 4.36. The molecule has 0 spiro atoms. The molecule has 13 rings (SSSR count). The standard InChI is InChI=1S/C51H29N5S/c1-3-10-30(11-4-1)32-18-22-34(23-19-32)49-52-50(35-24-20-33(21-25-35)31-12-5-2-6-13-31)54-51(53-49)56-40-17-9-16-39-44(40)45-41(56)27-29-42-46(45)47-43(57-42)28-26-37-36-14-7-8-15-38(36)55(39)48(37)47/h1-29H. The molecule has 57 heavy (non-hydrogen) atoms. The van der Waals surface area contributed by atoms with Crippen molar-refractivity contribution in [2.75, 3.05) is 0 Å². The van der Waals surface area contributed by atoms with E-state index in [2.05, 4.69) is 173 Å². The van der Waals surface area contributed by atoms with Crippen molar-refractivity contribution < 1.29 is 0 Å². The Bertz CT molecular complexity index is 3550. The largest absolute Gasteiger partial charge is 0.308 e. The summed E-state index contributed by atoms with van der Waals surface area (Å²) in [7, 11) is 0. The number of nitrogens with zero attached hydrogens (tertiary/aromatic N) is 5.